The first-order valence-corrected chi connectivity index (χ1v) is 7.27. The van der Waals surface area contributed by atoms with Crippen molar-refractivity contribution < 1.29 is 5.11 Å². The van der Waals surface area contributed by atoms with Gasteiger partial charge in [0.05, 0.1) is 5.60 Å². The van der Waals surface area contributed by atoms with E-state index < -0.39 is 5.60 Å². The van der Waals surface area contributed by atoms with Gasteiger partial charge < -0.3 is 5.11 Å². The predicted octanol–water partition coefficient (Wildman–Crippen LogP) is 3.77. The highest BCUT2D eigenvalue weighted by Gasteiger charge is 2.26. The van der Waals surface area contributed by atoms with Crippen LogP contribution in [-0.2, 0) is 12.8 Å². The van der Waals surface area contributed by atoms with Crippen LogP contribution >= 0.6 is 15.9 Å². The molecule has 0 aliphatic carbocycles. The number of halogens is 1. The zero-order valence-electron chi connectivity index (χ0n) is 11.0. The monoisotopic (exact) mass is 319 g/mol. The topological polar surface area (TPSA) is 33.1 Å². The van der Waals surface area contributed by atoms with Crippen LogP contribution in [0.3, 0.4) is 0 Å². The molecule has 0 bridgehead atoms. The quantitative estimate of drug-likeness (QED) is 0.910. The zero-order chi connectivity index (χ0) is 13.7. The van der Waals surface area contributed by atoms with Gasteiger partial charge >= 0.3 is 0 Å². The van der Waals surface area contributed by atoms with E-state index in [0.717, 1.165) is 15.7 Å². The van der Waals surface area contributed by atoms with Gasteiger partial charge in [-0.15, -0.1) is 0 Å². The third-order valence-corrected chi connectivity index (χ3v) is 3.80. The molecule has 0 fully saturated rings. The predicted molar refractivity (Wildman–Crippen MR) is 81.0 cm³/mol. The molecular formula is C16H18BrNO. The Balaban J connectivity index is 2.11. The van der Waals surface area contributed by atoms with Crippen molar-refractivity contribution in [2.24, 2.45) is 0 Å². The molecular weight excluding hydrogens is 302 g/mol. The highest BCUT2D eigenvalue weighted by molar-refractivity contribution is 9.10. The number of nitrogens with zero attached hydrogens (tertiary/aromatic N) is 1. The first kappa shape index (κ1) is 14.2. The van der Waals surface area contributed by atoms with E-state index in [1.165, 1.54) is 0 Å². The Bertz CT molecular complexity index is 512. The maximum Gasteiger partial charge on any atom is 0.0740 e. The Morgan fingerprint density at radius 1 is 1.11 bits per heavy atom. The molecule has 1 N–H and O–H groups in total. The summed E-state index contributed by atoms with van der Waals surface area (Å²) in [5, 5.41) is 10.7. The fraction of sp³-hybridized carbons (Fsp3) is 0.312. The number of pyridine rings is 1. The van der Waals surface area contributed by atoms with Crippen LogP contribution in [0.15, 0.2) is 53.1 Å². The standard InChI is InChI=1S/C16H18BrNO/c1-2-16(19,10-13-6-4-3-5-7-13)11-15-9-8-14(17)12-18-15/h3-9,12,19H,2,10-11H2,1H3. The van der Waals surface area contributed by atoms with Gasteiger partial charge in [-0.05, 0) is 40.0 Å². The van der Waals surface area contributed by atoms with Crippen molar-refractivity contribution in [2.75, 3.05) is 0 Å². The van der Waals surface area contributed by atoms with Crippen molar-refractivity contribution in [3.8, 4) is 0 Å². The normalized spacial score (nSPS) is 14.1. The maximum absolute atomic E-state index is 10.7. The average Bonchev–Trinajstić information content (AvgIpc) is 2.42. The molecule has 1 unspecified atom stereocenters. The third kappa shape index (κ3) is 4.15. The average molecular weight is 320 g/mol. The Hall–Kier alpha value is -1.19. The molecule has 100 valence electrons. The molecule has 3 heteroatoms. The van der Waals surface area contributed by atoms with Crippen molar-refractivity contribution in [1.82, 2.24) is 4.98 Å². The van der Waals surface area contributed by atoms with E-state index in [2.05, 4.69) is 33.0 Å². The van der Waals surface area contributed by atoms with Gasteiger partial charge in [0.2, 0.25) is 0 Å². The lowest BCUT2D eigenvalue weighted by molar-refractivity contribution is 0.0359. The number of hydrogen-bond donors (Lipinski definition) is 1. The molecule has 0 saturated carbocycles. The Labute approximate surface area is 122 Å². The molecule has 1 aromatic heterocycles. The van der Waals surface area contributed by atoms with E-state index in [0.29, 0.717) is 19.3 Å². The van der Waals surface area contributed by atoms with Crippen molar-refractivity contribution in [3.63, 3.8) is 0 Å². The van der Waals surface area contributed by atoms with E-state index in [9.17, 15) is 5.11 Å². The van der Waals surface area contributed by atoms with Crippen LogP contribution in [0, 0.1) is 0 Å². The lowest BCUT2D eigenvalue weighted by Gasteiger charge is -2.26. The fourth-order valence-electron chi connectivity index (χ4n) is 2.14. The summed E-state index contributed by atoms with van der Waals surface area (Å²) in [7, 11) is 0. The molecule has 1 heterocycles. The van der Waals surface area contributed by atoms with Gasteiger partial charge in [0, 0.05) is 29.2 Å². The fourth-order valence-corrected chi connectivity index (χ4v) is 2.37. The van der Waals surface area contributed by atoms with Crippen LogP contribution in [0.1, 0.15) is 24.6 Å². The molecule has 2 nitrogen and oxygen atoms in total. The number of aliphatic hydroxyl groups is 1. The van der Waals surface area contributed by atoms with E-state index in [4.69, 9.17) is 0 Å². The third-order valence-electron chi connectivity index (χ3n) is 3.33. The first-order valence-electron chi connectivity index (χ1n) is 6.48. The summed E-state index contributed by atoms with van der Waals surface area (Å²) in [4.78, 5) is 4.35. The largest absolute Gasteiger partial charge is 0.389 e. The Kier molecular flexibility index (Phi) is 4.72. The summed E-state index contributed by atoms with van der Waals surface area (Å²) in [5.74, 6) is 0. The van der Waals surface area contributed by atoms with Gasteiger partial charge in [-0.1, -0.05) is 37.3 Å². The molecule has 1 aromatic carbocycles. The number of benzene rings is 1. The van der Waals surface area contributed by atoms with Crippen molar-refractivity contribution in [1.29, 1.82) is 0 Å². The van der Waals surface area contributed by atoms with Gasteiger partial charge in [-0.3, -0.25) is 4.98 Å². The lowest BCUT2D eigenvalue weighted by Crippen LogP contribution is -2.33. The van der Waals surface area contributed by atoms with Gasteiger partial charge in [-0.2, -0.15) is 0 Å². The molecule has 0 aliphatic rings. The molecule has 0 amide bonds. The summed E-state index contributed by atoms with van der Waals surface area (Å²) < 4.78 is 0.958. The van der Waals surface area contributed by atoms with Gasteiger partial charge in [0.15, 0.2) is 0 Å². The molecule has 1 atom stereocenters. The SMILES string of the molecule is CCC(O)(Cc1ccccc1)Cc1ccc(Br)cn1. The number of aromatic nitrogens is 1. The summed E-state index contributed by atoms with van der Waals surface area (Å²) in [6, 6.07) is 14.0. The Morgan fingerprint density at radius 2 is 1.84 bits per heavy atom. The highest BCUT2D eigenvalue weighted by Crippen LogP contribution is 2.22. The molecule has 2 rings (SSSR count). The van der Waals surface area contributed by atoms with E-state index in [1.54, 1.807) is 6.20 Å². The second-order valence-corrected chi connectivity index (χ2v) is 5.80. The number of rotatable bonds is 5. The summed E-state index contributed by atoms with van der Waals surface area (Å²) >= 11 is 3.37. The van der Waals surface area contributed by atoms with Crippen LogP contribution in [-0.4, -0.2) is 15.7 Å². The maximum atomic E-state index is 10.7. The van der Waals surface area contributed by atoms with Gasteiger partial charge in [0.25, 0.3) is 0 Å². The summed E-state index contributed by atoms with van der Waals surface area (Å²) in [6.07, 6.45) is 3.71. The second kappa shape index (κ2) is 6.31. The molecule has 2 aromatic rings. The minimum atomic E-state index is -0.734. The van der Waals surface area contributed by atoms with E-state index in [-0.39, 0.29) is 0 Å². The van der Waals surface area contributed by atoms with Crippen LogP contribution < -0.4 is 0 Å². The molecule has 19 heavy (non-hydrogen) atoms. The number of hydrogen-bond acceptors (Lipinski definition) is 2. The molecule has 0 aliphatic heterocycles. The van der Waals surface area contributed by atoms with Crippen LogP contribution in [0.25, 0.3) is 0 Å². The summed E-state index contributed by atoms with van der Waals surface area (Å²) in [6.45, 7) is 2.02. The van der Waals surface area contributed by atoms with E-state index >= 15 is 0 Å². The zero-order valence-corrected chi connectivity index (χ0v) is 12.6. The minimum absolute atomic E-state index is 0.575. The van der Waals surface area contributed by atoms with Crippen molar-refractivity contribution in [2.45, 2.75) is 31.8 Å². The van der Waals surface area contributed by atoms with Crippen LogP contribution in [0.5, 0.6) is 0 Å². The van der Waals surface area contributed by atoms with Gasteiger partial charge in [0.1, 0.15) is 0 Å². The van der Waals surface area contributed by atoms with Crippen LogP contribution in [0.4, 0.5) is 0 Å². The molecule has 0 radical (unpaired) electrons. The van der Waals surface area contributed by atoms with Gasteiger partial charge in [-0.25, -0.2) is 0 Å². The highest BCUT2D eigenvalue weighted by atomic mass is 79.9. The van der Waals surface area contributed by atoms with E-state index in [1.807, 2.05) is 37.3 Å². The summed E-state index contributed by atoms with van der Waals surface area (Å²) in [5.41, 5.74) is 1.34. The molecule has 0 saturated heterocycles. The Morgan fingerprint density at radius 3 is 2.42 bits per heavy atom. The minimum Gasteiger partial charge on any atom is -0.389 e. The first-order chi connectivity index (χ1) is 9.11. The van der Waals surface area contributed by atoms with Crippen molar-refractivity contribution in [3.05, 3.63) is 64.4 Å². The second-order valence-electron chi connectivity index (χ2n) is 4.88. The lowest BCUT2D eigenvalue weighted by atomic mass is 9.87. The smallest absolute Gasteiger partial charge is 0.0740 e. The van der Waals surface area contributed by atoms with Crippen LogP contribution in [0.2, 0.25) is 0 Å². The van der Waals surface area contributed by atoms with Crippen molar-refractivity contribution >= 4 is 15.9 Å². The molecule has 0 spiro atoms.